The van der Waals surface area contributed by atoms with Crippen molar-refractivity contribution in [1.82, 2.24) is 15.0 Å². The molecule has 0 amide bonds. The number of aliphatic imine (C=N–C) groups is 2. The molecule has 3 heterocycles. The van der Waals surface area contributed by atoms with Gasteiger partial charge < -0.3 is 4.98 Å². The fourth-order valence-corrected chi connectivity index (χ4v) is 2.30. The average molecular weight is 329 g/mol. The summed E-state index contributed by atoms with van der Waals surface area (Å²) < 4.78 is 0. The van der Waals surface area contributed by atoms with Crippen molar-refractivity contribution in [2.24, 2.45) is 9.98 Å². The summed E-state index contributed by atoms with van der Waals surface area (Å²) in [5, 5.41) is 1.20. The Balaban J connectivity index is 0.000000113. The molecule has 1 aromatic carbocycles. The highest BCUT2D eigenvalue weighted by atomic mass is 15.0. The van der Waals surface area contributed by atoms with Crippen LogP contribution in [0.4, 0.5) is 0 Å². The number of H-pyrrole nitrogens is 1. The number of benzene rings is 1. The number of allylic oxidation sites excluding steroid dienone is 4. The molecule has 0 bridgehead atoms. The highest BCUT2D eigenvalue weighted by Gasteiger charge is 2.09. The minimum Gasteiger partial charge on any atom is -0.349 e. The van der Waals surface area contributed by atoms with E-state index in [4.69, 9.17) is 0 Å². The smallest absolute Gasteiger partial charge is 0.116 e. The lowest BCUT2D eigenvalue weighted by Gasteiger charge is -1.99. The van der Waals surface area contributed by atoms with Crippen molar-refractivity contribution in [2.45, 2.75) is 13.3 Å². The van der Waals surface area contributed by atoms with E-state index in [9.17, 15) is 0 Å². The Labute approximate surface area is 146 Å². The topological polar surface area (TPSA) is 66.3 Å². The molecule has 1 aliphatic carbocycles. The molecule has 5 heteroatoms. The van der Waals surface area contributed by atoms with Crippen LogP contribution < -0.4 is 0 Å². The van der Waals surface area contributed by atoms with E-state index in [0.717, 1.165) is 29.2 Å². The van der Waals surface area contributed by atoms with Gasteiger partial charge >= 0.3 is 0 Å². The normalized spacial score (nSPS) is 13.8. The Hall–Kier alpha value is -3.34. The second kappa shape index (κ2) is 8.49. The number of rotatable bonds is 0. The van der Waals surface area contributed by atoms with Crippen LogP contribution in [0.15, 0.2) is 88.9 Å². The monoisotopic (exact) mass is 329 g/mol. The number of aromatic nitrogens is 3. The number of nitrogens with one attached hydrogen (secondary N) is 1. The quantitative estimate of drug-likeness (QED) is 0.669. The Morgan fingerprint density at radius 1 is 1.00 bits per heavy atom. The van der Waals surface area contributed by atoms with Crippen LogP contribution in [0.1, 0.15) is 12.2 Å². The summed E-state index contributed by atoms with van der Waals surface area (Å²) in [4.78, 5) is 19.0. The number of aromatic amines is 1. The third-order valence-corrected chi connectivity index (χ3v) is 3.55. The molecular weight excluding hydrogens is 310 g/mol. The summed E-state index contributed by atoms with van der Waals surface area (Å²) >= 11 is 0. The van der Waals surface area contributed by atoms with E-state index in [0.29, 0.717) is 0 Å². The summed E-state index contributed by atoms with van der Waals surface area (Å²) in [6.45, 7) is 1.92. The van der Waals surface area contributed by atoms with Crippen LogP contribution in [-0.4, -0.2) is 27.0 Å². The first kappa shape index (κ1) is 16.5. The number of para-hydroxylation sites is 1. The van der Waals surface area contributed by atoms with Crippen LogP contribution in [0.2, 0.25) is 0 Å². The molecule has 0 saturated heterocycles. The molecule has 0 spiro atoms. The van der Waals surface area contributed by atoms with Crippen molar-refractivity contribution < 1.29 is 0 Å². The standard InChI is InChI=1S/C9H7N.C7H6N2.C4H6N2/c1-2-6-9-8(4-1)5-3-7-10-9;1-2-4-7-6(3-1)8-5-9-7;1-4-5-2-3-6-4/h1-7H;1-3,5H,4H2;2-3H,1H3,(H,5,6). The predicted molar refractivity (Wildman–Crippen MR) is 103 cm³/mol. The van der Waals surface area contributed by atoms with Gasteiger partial charge in [0.15, 0.2) is 0 Å². The zero-order valence-corrected chi connectivity index (χ0v) is 14.0. The number of hydrogen-bond donors (Lipinski definition) is 1. The number of pyridine rings is 1. The van der Waals surface area contributed by atoms with E-state index in [1.807, 2.05) is 49.5 Å². The van der Waals surface area contributed by atoms with Gasteiger partial charge in [-0.15, -0.1) is 0 Å². The van der Waals surface area contributed by atoms with E-state index in [2.05, 4.69) is 43.1 Å². The molecule has 25 heavy (non-hydrogen) atoms. The Kier molecular flexibility index (Phi) is 5.61. The molecule has 0 unspecified atom stereocenters. The van der Waals surface area contributed by atoms with Crippen LogP contribution in [0, 0.1) is 6.92 Å². The van der Waals surface area contributed by atoms with Crippen molar-refractivity contribution in [2.75, 3.05) is 0 Å². The molecule has 0 atom stereocenters. The lowest BCUT2D eigenvalue weighted by molar-refractivity contribution is 1.15. The molecule has 0 saturated carbocycles. The largest absolute Gasteiger partial charge is 0.349 e. The first-order valence-corrected chi connectivity index (χ1v) is 8.05. The number of imidazole rings is 1. The summed E-state index contributed by atoms with van der Waals surface area (Å²) in [5.74, 6) is 0.968. The van der Waals surface area contributed by atoms with Crippen molar-refractivity contribution in [3.05, 3.63) is 84.7 Å². The van der Waals surface area contributed by atoms with E-state index in [-0.39, 0.29) is 0 Å². The van der Waals surface area contributed by atoms with Gasteiger partial charge in [-0.2, -0.15) is 0 Å². The molecule has 2 aromatic heterocycles. The van der Waals surface area contributed by atoms with Crippen LogP contribution in [0.5, 0.6) is 0 Å². The summed E-state index contributed by atoms with van der Waals surface area (Å²) in [5.41, 5.74) is 3.18. The number of nitrogens with zero attached hydrogens (tertiary/aromatic N) is 4. The fourth-order valence-electron chi connectivity index (χ4n) is 2.30. The maximum absolute atomic E-state index is 4.18. The first-order chi connectivity index (χ1) is 12.3. The molecule has 124 valence electrons. The minimum absolute atomic E-state index is 0.936. The molecule has 5 nitrogen and oxygen atoms in total. The molecule has 0 fully saturated rings. The molecule has 0 radical (unpaired) electrons. The molecule has 3 aromatic rings. The SMILES string of the molecule is C1=CCC2=NC=NC2=C1.Cc1ncc[nH]1.c1ccc2ncccc2c1. The van der Waals surface area contributed by atoms with Gasteiger partial charge in [0.2, 0.25) is 0 Å². The minimum atomic E-state index is 0.936. The van der Waals surface area contributed by atoms with Gasteiger partial charge in [0.1, 0.15) is 12.2 Å². The predicted octanol–water partition coefficient (Wildman–Crippen LogP) is 4.27. The third kappa shape index (κ3) is 4.81. The van der Waals surface area contributed by atoms with Crippen LogP contribution in [0.25, 0.3) is 10.9 Å². The second-order valence-corrected chi connectivity index (χ2v) is 5.38. The highest BCUT2D eigenvalue weighted by molar-refractivity contribution is 6.09. The first-order valence-electron chi connectivity index (χ1n) is 8.05. The Bertz CT molecular complexity index is 868. The van der Waals surface area contributed by atoms with Crippen molar-refractivity contribution in [1.29, 1.82) is 0 Å². The van der Waals surface area contributed by atoms with Crippen LogP contribution in [0.3, 0.4) is 0 Å². The lowest BCUT2D eigenvalue weighted by Crippen LogP contribution is -1.97. The van der Waals surface area contributed by atoms with E-state index in [1.54, 1.807) is 18.7 Å². The van der Waals surface area contributed by atoms with Gasteiger partial charge in [0, 0.05) is 30.4 Å². The van der Waals surface area contributed by atoms with Crippen LogP contribution in [-0.2, 0) is 0 Å². The maximum Gasteiger partial charge on any atom is 0.116 e. The lowest BCUT2D eigenvalue weighted by atomic mass is 10.1. The van der Waals surface area contributed by atoms with Gasteiger partial charge in [-0.3, -0.25) is 4.98 Å². The van der Waals surface area contributed by atoms with Crippen molar-refractivity contribution in [3.8, 4) is 0 Å². The molecular formula is C20H19N5. The Morgan fingerprint density at radius 2 is 1.88 bits per heavy atom. The second-order valence-electron chi connectivity index (χ2n) is 5.38. The molecule has 5 rings (SSSR count). The Morgan fingerprint density at radius 3 is 2.60 bits per heavy atom. The average Bonchev–Trinajstić information content (AvgIpc) is 3.34. The molecule has 1 N–H and O–H groups in total. The van der Waals surface area contributed by atoms with Gasteiger partial charge in [-0.05, 0) is 25.1 Å². The summed E-state index contributed by atoms with van der Waals surface area (Å²) in [6, 6.07) is 12.1. The van der Waals surface area contributed by atoms with E-state index >= 15 is 0 Å². The van der Waals surface area contributed by atoms with Gasteiger partial charge in [0.25, 0.3) is 0 Å². The third-order valence-electron chi connectivity index (χ3n) is 3.55. The summed E-state index contributed by atoms with van der Waals surface area (Å²) in [6.07, 6.45) is 14.0. The zero-order chi connectivity index (χ0) is 17.3. The zero-order valence-electron chi connectivity index (χ0n) is 14.0. The van der Waals surface area contributed by atoms with Crippen molar-refractivity contribution >= 4 is 23.0 Å². The molecule has 2 aliphatic rings. The number of hydrogen-bond acceptors (Lipinski definition) is 4. The van der Waals surface area contributed by atoms with Gasteiger partial charge in [-0.25, -0.2) is 15.0 Å². The van der Waals surface area contributed by atoms with Crippen molar-refractivity contribution in [3.63, 3.8) is 0 Å². The van der Waals surface area contributed by atoms with Crippen LogP contribution >= 0.6 is 0 Å². The van der Waals surface area contributed by atoms with E-state index in [1.165, 1.54) is 5.39 Å². The highest BCUT2D eigenvalue weighted by Crippen LogP contribution is 2.13. The number of fused-ring (bicyclic) bond motifs is 2. The van der Waals surface area contributed by atoms with Gasteiger partial charge in [-0.1, -0.05) is 36.4 Å². The summed E-state index contributed by atoms with van der Waals surface area (Å²) in [7, 11) is 0. The van der Waals surface area contributed by atoms with Gasteiger partial charge in [0.05, 0.1) is 16.9 Å². The molecule has 1 aliphatic heterocycles. The maximum atomic E-state index is 4.18. The number of aryl methyl sites for hydroxylation is 1. The van der Waals surface area contributed by atoms with E-state index < -0.39 is 0 Å². The fraction of sp³-hybridized carbons (Fsp3) is 0.100.